The average Bonchev–Trinajstić information content (AvgIpc) is 2.07. The van der Waals surface area contributed by atoms with Gasteiger partial charge in [0.2, 0.25) is 0 Å². The van der Waals surface area contributed by atoms with Crippen LogP contribution in [0.5, 0.6) is 0 Å². The second-order valence-electron chi connectivity index (χ2n) is 3.75. The van der Waals surface area contributed by atoms with Gasteiger partial charge in [0.05, 0.1) is 39.0 Å². The van der Waals surface area contributed by atoms with E-state index in [0.717, 1.165) is 12.3 Å². The summed E-state index contributed by atoms with van der Waals surface area (Å²) in [5, 5.41) is 0. The van der Waals surface area contributed by atoms with E-state index in [1.807, 2.05) is 0 Å². The van der Waals surface area contributed by atoms with Crippen molar-refractivity contribution in [3.05, 3.63) is 0 Å². The van der Waals surface area contributed by atoms with Crippen LogP contribution in [0.3, 0.4) is 0 Å². The molecular formula is C6H10N4. The molecule has 0 bridgehead atoms. The molecule has 0 aromatic carbocycles. The first kappa shape index (κ1) is 4.66. The molecule has 0 radical (unpaired) electrons. The summed E-state index contributed by atoms with van der Waals surface area (Å²) < 4.78 is 0. The van der Waals surface area contributed by atoms with Gasteiger partial charge in [0, 0.05) is 0 Å². The van der Waals surface area contributed by atoms with Crippen molar-refractivity contribution < 1.29 is 0 Å². The first-order chi connectivity index (χ1) is 4.93. The molecule has 4 aliphatic rings. The van der Waals surface area contributed by atoms with Crippen molar-refractivity contribution in [2.45, 2.75) is 12.3 Å². The molecule has 4 saturated heterocycles. The van der Waals surface area contributed by atoms with Crippen LogP contribution in [0, 0.1) is 0 Å². The van der Waals surface area contributed by atoms with Gasteiger partial charge in [-0.2, -0.15) is 0 Å². The highest BCUT2D eigenvalue weighted by molar-refractivity contribution is 5.07. The first-order valence-corrected chi connectivity index (χ1v) is 3.90. The van der Waals surface area contributed by atoms with Crippen molar-refractivity contribution in [3.8, 4) is 0 Å². The van der Waals surface area contributed by atoms with Crippen molar-refractivity contribution in [1.29, 1.82) is 0 Å². The molecule has 4 fully saturated rings. The van der Waals surface area contributed by atoms with E-state index in [1.54, 1.807) is 0 Å². The molecule has 10 heavy (non-hydrogen) atoms. The molecule has 4 heterocycles. The van der Waals surface area contributed by atoms with Crippen LogP contribution in [0.15, 0.2) is 0 Å². The van der Waals surface area contributed by atoms with Gasteiger partial charge in [-0.1, -0.05) is 0 Å². The van der Waals surface area contributed by atoms with Crippen LogP contribution in [-0.2, 0) is 0 Å². The van der Waals surface area contributed by atoms with Crippen LogP contribution >= 0.6 is 0 Å². The summed E-state index contributed by atoms with van der Waals surface area (Å²) in [5.41, 5.74) is 0. The summed E-state index contributed by atoms with van der Waals surface area (Å²) in [4.78, 5) is 10.2. The van der Waals surface area contributed by atoms with Gasteiger partial charge in [0.25, 0.3) is 0 Å². The summed E-state index contributed by atoms with van der Waals surface area (Å²) in [6.45, 7) is 4.88. The molecular weight excluding hydrogens is 128 g/mol. The molecule has 0 amide bonds. The Morgan fingerprint density at radius 2 is 0.900 bits per heavy atom. The lowest BCUT2D eigenvalue weighted by Crippen LogP contribution is -2.59. The Labute approximate surface area is 59.6 Å². The minimum atomic E-state index is 0.786. The van der Waals surface area contributed by atoms with Crippen molar-refractivity contribution in [1.82, 2.24) is 19.6 Å². The maximum absolute atomic E-state index is 2.55. The molecule has 0 aliphatic carbocycles. The predicted molar refractivity (Wildman–Crippen MR) is 34.4 cm³/mol. The van der Waals surface area contributed by atoms with E-state index in [9.17, 15) is 0 Å². The minimum Gasteiger partial charge on any atom is -0.259 e. The van der Waals surface area contributed by atoms with Crippen LogP contribution in [-0.4, -0.2) is 58.6 Å². The van der Waals surface area contributed by atoms with E-state index in [0.29, 0.717) is 0 Å². The van der Waals surface area contributed by atoms with Gasteiger partial charge in [0.15, 0.2) is 0 Å². The first-order valence-electron chi connectivity index (χ1n) is 3.90. The number of hydrogen-bond donors (Lipinski definition) is 0. The molecule has 0 N–H and O–H groups in total. The zero-order valence-electron chi connectivity index (χ0n) is 5.77. The fourth-order valence-electron chi connectivity index (χ4n) is 2.81. The zero-order valence-corrected chi connectivity index (χ0v) is 5.77. The lowest BCUT2D eigenvalue weighted by Gasteiger charge is -2.43. The molecule has 0 unspecified atom stereocenters. The summed E-state index contributed by atoms with van der Waals surface area (Å²) in [6.07, 6.45) is 1.57. The Hall–Kier alpha value is -0.160. The largest absolute Gasteiger partial charge is 0.259 e. The van der Waals surface area contributed by atoms with Crippen LogP contribution < -0.4 is 0 Å². The van der Waals surface area contributed by atoms with E-state index in [1.165, 1.54) is 26.7 Å². The summed E-state index contributed by atoms with van der Waals surface area (Å²) in [5.74, 6) is 0. The second-order valence-corrected chi connectivity index (χ2v) is 3.75. The number of hydrogen-bond acceptors (Lipinski definition) is 4. The SMILES string of the molecule is C1N2CN3CN4CN1C2C34. The monoisotopic (exact) mass is 138 g/mol. The van der Waals surface area contributed by atoms with Gasteiger partial charge in [0.1, 0.15) is 0 Å². The molecule has 4 rings (SSSR count). The van der Waals surface area contributed by atoms with E-state index < -0.39 is 0 Å². The van der Waals surface area contributed by atoms with Gasteiger partial charge < -0.3 is 0 Å². The highest BCUT2D eigenvalue weighted by Crippen LogP contribution is 2.43. The van der Waals surface area contributed by atoms with E-state index in [2.05, 4.69) is 19.6 Å². The van der Waals surface area contributed by atoms with Crippen molar-refractivity contribution in [2.24, 2.45) is 0 Å². The second kappa shape index (κ2) is 1.14. The van der Waals surface area contributed by atoms with Gasteiger partial charge in [-0.25, -0.2) is 0 Å². The Morgan fingerprint density at radius 3 is 1.20 bits per heavy atom. The highest BCUT2D eigenvalue weighted by Gasteiger charge is 2.62. The van der Waals surface area contributed by atoms with Crippen molar-refractivity contribution >= 4 is 0 Å². The van der Waals surface area contributed by atoms with E-state index in [4.69, 9.17) is 0 Å². The van der Waals surface area contributed by atoms with Crippen LogP contribution in [0.1, 0.15) is 0 Å². The van der Waals surface area contributed by atoms with Crippen LogP contribution in [0.25, 0.3) is 0 Å². The Morgan fingerprint density at radius 1 is 0.600 bits per heavy atom. The standard InChI is InChI=1S/C6H10N4/c1-7-3-9-2-10-4-8(1)5(7)6(9)10/h5-6H,1-4H2. The average molecular weight is 138 g/mol. The number of rotatable bonds is 0. The third-order valence-corrected chi connectivity index (χ3v) is 3.22. The quantitative estimate of drug-likeness (QED) is 0.414. The topological polar surface area (TPSA) is 13.0 Å². The maximum atomic E-state index is 2.55. The van der Waals surface area contributed by atoms with Gasteiger partial charge in [-0.05, 0) is 0 Å². The summed E-state index contributed by atoms with van der Waals surface area (Å²) >= 11 is 0. The van der Waals surface area contributed by atoms with E-state index >= 15 is 0 Å². The highest BCUT2D eigenvalue weighted by atomic mass is 15.8. The maximum Gasteiger partial charge on any atom is 0.0964 e. The molecule has 0 spiro atoms. The molecule has 4 nitrogen and oxygen atoms in total. The van der Waals surface area contributed by atoms with Crippen molar-refractivity contribution in [2.75, 3.05) is 26.7 Å². The third-order valence-electron chi connectivity index (χ3n) is 3.22. The summed E-state index contributed by atoms with van der Waals surface area (Å²) in [7, 11) is 0. The Balaban J connectivity index is 1.86. The lowest BCUT2D eigenvalue weighted by molar-refractivity contribution is -0.0896. The fraction of sp³-hybridized carbons (Fsp3) is 1.00. The molecule has 0 aromatic heterocycles. The molecule has 0 aromatic rings. The fourth-order valence-corrected chi connectivity index (χ4v) is 2.81. The number of nitrogens with zero attached hydrogens (tertiary/aromatic N) is 4. The van der Waals surface area contributed by atoms with Gasteiger partial charge in [-0.15, -0.1) is 0 Å². The van der Waals surface area contributed by atoms with Crippen LogP contribution in [0.2, 0.25) is 0 Å². The zero-order chi connectivity index (χ0) is 6.29. The molecule has 54 valence electrons. The smallest absolute Gasteiger partial charge is 0.0964 e. The lowest BCUT2D eigenvalue weighted by atomic mass is 10.2. The molecule has 4 heteroatoms. The Bertz CT molecular complexity index is 168. The van der Waals surface area contributed by atoms with Gasteiger partial charge >= 0.3 is 0 Å². The molecule has 0 saturated carbocycles. The van der Waals surface area contributed by atoms with Gasteiger partial charge in [-0.3, -0.25) is 19.6 Å². The minimum absolute atomic E-state index is 0.786. The summed E-state index contributed by atoms with van der Waals surface area (Å²) in [6, 6.07) is 0. The van der Waals surface area contributed by atoms with Crippen LogP contribution in [0.4, 0.5) is 0 Å². The van der Waals surface area contributed by atoms with E-state index in [-0.39, 0.29) is 0 Å². The normalized spacial score (nSPS) is 52.8. The third kappa shape index (κ3) is 0.286. The molecule has 4 aliphatic heterocycles. The van der Waals surface area contributed by atoms with Crippen molar-refractivity contribution in [3.63, 3.8) is 0 Å². The predicted octanol–water partition coefficient (Wildman–Crippen LogP) is -1.27. The Kier molecular flexibility index (Phi) is 0.531. The molecule has 0 atom stereocenters.